The molecule has 5 aromatic carbocycles. The summed E-state index contributed by atoms with van der Waals surface area (Å²) in [6.07, 6.45) is 0. The molecule has 0 radical (unpaired) electrons. The van der Waals surface area contributed by atoms with Gasteiger partial charge in [0.15, 0.2) is 5.78 Å². The summed E-state index contributed by atoms with van der Waals surface area (Å²) in [6, 6.07) is 39.4. The predicted octanol–water partition coefficient (Wildman–Crippen LogP) is 8.50. The van der Waals surface area contributed by atoms with Crippen LogP contribution in [-0.4, -0.2) is 5.78 Å². The Morgan fingerprint density at radius 1 is 0.514 bits per heavy atom. The Labute approximate surface area is 209 Å². The number of carbonyl (C=O) groups excluding carboxylic acids is 1. The van der Waals surface area contributed by atoms with Gasteiger partial charge >= 0.3 is 0 Å². The summed E-state index contributed by atoms with van der Waals surface area (Å²) >= 11 is 6.85. The fourth-order valence-electron chi connectivity index (χ4n) is 6.18. The summed E-state index contributed by atoms with van der Waals surface area (Å²) in [5, 5.41) is 0.509. The summed E-state index contributed by atoms with van der Waals surface area (Å²) in [4.78, 5) is 13.9. The van der Waals surface area contributed by atoms with Crippen LogP contribution in [0.5, 0.6) is 0 Å². The van der Waals surface area contributed by atoms with Crippen molar-refractivity contribution < 1.29 is 4.79 Å². The molecule has 0 fully saturated rings. The Kier molecular flexibility index (Phi) is 4.55. The zero-order valence-corrected chi connectivity index (χ0v) is 19.7. The first-order valence-corrected chi connectivity index (χ1v) is 12.3. The molecule has 0 spiro atoms. The Hall–Kier alpha value is -3.94. The quantitative estimate of drug-likeness (QED) is 0.242. The van der Waals surface area contributed by atoms with E-state index >= 15 is 0 Å². The van der Waals surface area contributed by atoms with Gasteiger partial charge in [-0.3, -0.25) is 4.79 Å². The van der Waals surface area contributed by atoms with Crippen LogP contribution in [0.25, 0.3) is 22.3 Å². The summed E-state index contributed by atoms with van der Waals surface area (Å²) in [5.41, 5.74) is 11.0. The first-order valence-electron chi connectivity index (χ1n) is 11.9. The van der Waals surface area contributed by atoms with Crippen LogP contribution in [0.15, 0.2) is 115 Å². The second-order valence-electron chi connectivity index (χ2n) is 9.30. The molecule has 1 unspecified atom stereocenters. The Morgan fingerprint density at radius 3 is 1.60 bits per heavy atom. The lowest BCUT2D eigenvalue weighted by Crippen LogP contribution is -2.15. The van der Waals surface area contributed by atoms with E-state index in [2.05, 4.69) is 78.9 Å². The van der Waals surface area contributed by atoms with E-state index in [1.54, 1.807) is 0 Å². The molecule has 0 heterocycles. The molecule has 0 N–H and O–H groups in total. The predicted molar refractivity (Wildman–Crippen MR) is 142 cm³/mol. The number of hydrogen-bond donors (Lipinski definition) is 0. The van der Waals surface area contributed by atoms with Crippen LogP contribution in [0.3, 0.4) is 0 Å². The molecule has 0 saturated heterocycles. The molecule has 7 rings (SSSR count). The third-order valence-corrected chi connectivity index (χ3v) is 7.88. The van der Waals surface area contributed by atoms with Gasteiger partial charge in [-0.05, 0) is 50.6 Å². The van der Waals surface area contributed by atoms with Crippen LogP contribution in [-0.2, 0) is 0 Å². The summed E-state index contributed by atoms with van der Waals surface area (Å²) in [5.74, 6) is 0.0720. The smallest absolute Gasteiger partial charge is 0.194 e. The number of halogens is 1. The monoisotopic (exact) mass is 468 g/mol. The largest absolute Gasteiger partial charge is 0.289 e. The Bertz CT molecular complexity index is 1590. The van der Waals surface area contributed by atoms with Crippen LogP contribution in [0.1, 0.15) is 50.0 Å². The van der Waals surface area contributed by atoms with Gasteiger partial charge in [0.05, 0.1) is 5.02 Å². The molecular formula is C33H21ClO. The van der Waals surface area contributed by atoms with Gasteiger partial charge in [-0.15, -0.1) is 0 Å². The van der Waals surface area contributed by atoms with E-state index in [0.29, 0.717) is 16.1 Å². The van der Waals surface area contributed by atoms with Crippen molar-refractivity contribution in [3.05, 3.63) is 154 Å². The Morgan fingerprint density at radius 2 is 1.00 bits per heavy atom. The van der Waals surface area contributed by atoms with Gasteiger partial charge in [-0.1, -0.05) is 121 Å². The van der Waals surface area contributed by atoms with Crippen molar-refractivity contribution in [2.24, 2.45) is 0 Å². The summed E-state index contributed by atoms with van der Waals surface area (Å²) in [7, 11) is 0. The van der Waals surface area contributed by atoms with E-state index in [4.69, 9.17) is 11.6 Å². The van der Waals surface area contributed by atoms with Crippen molar-refractivity contribution in [3.8, 4) is 22.3 Å². The van der Waals surface area contributed by atoms with Gasteiger partial charge in [0, 0.05) is 23.0 Å². The van der Waals surface area contributed by atoms with Crippen LogP contribution in [0, 0.1) is 0 Å². The number of carbonyl (C=O) groups is 1. The standard InChI is InChI=1S/C33H21ClO/c34-28-19-18-27-23-14-6-9-17-26(23)30(31(27)32(28)33(35)20-10-2-1-3-11-20)29-24-15-7-4-12-21(24)22-13-5-8-16-25(22)29/h1-19,29-30H. The highest BCUT2D eigenvalue weighted by atomic mass is 35.5. The highest BCUT2D eigenvalue weighted by molar-refractivity contribution is 6.35. The summed E-state index contributed by atoms with van der Waals surface area (Å²) < 4.78 is 0. The molecule has 0 aliphatic heterocycles. The highest BCUT2D eigenvalue weighted by Gasteiger charge is 2.43. The van der Waals surface area contributed by atoms with Gasteiger partial charge < -0.3 is 0 Å². The minimum atomic E-state index is -0.0233. The third kappa shape index (κ3) is 2.92. The minimum absolute atomic E-state index is 0.00707. The average Bonchev–Trinajstić information content (AvgIpc) is 3.41. The topological polar surface area (TPSA) is 17.1 Å². The third-order valence-electron chi connectivity index (χ3n) is 7.57. The first-order chi connectivity index (χ1) is 17.2. The lowest BCUT2D eigenvalue weighted by molar-refractivity contribution is 0.103. The molecule has 0 saturated carbocycles. The number of hydrogen-bond acceptors (Lipinski definition) is 1. The first kappa shape index (κ1) is 20.4. The molecule has 5 aromatic rings. The lowest BCUT2D eigenvalue weighted by atomic mass is 9.76. The maximum Gasteiger partial charge on any atom is 0.194 e. The van der Waals surface area contributed by atoms with Crippen LogP contribution in [0.2, 0.25) is 5.02 Å². The van der Waals surface area contributed by atoms with Crippen LogP contribution >= 0.6 is 11.6 Å². The molecule has 2 aliphatic rings. The molecule has 166 valence electrons. The SMILES string of the molecule is O=C(c1ccccc1)c1c(Cl)ccc2c1C(C1c3ccccc3-c3ccccc31)c1ccccc1-2. The second-order valence-corrected chi connectivity index (χ2v) is 9.70. The number of fused-ring (bicyclic) bond motifs is 6. The lowest BCUT2D eigenvalue weighted by Gasteiger charge is -2.26. The van der Waals surface area contributed by atoms with Crippen LogP contribution < -0.4 is 0 Å². The van der Waals surface area contributed by atoms with Gasteiger partial charge in [0.2, 0.25) is 0 Å². The van der Waals surface area contributed by atoms with Gasteiger partial charge in [0.25, 0.3) is 0 Å². The molecular weight excluding hydrogens is 448 g/mol. The van der Waals surface area contributed by atoms with Crippen LogP contribution in [0.4, 0.5) is 0 Å². The van der Waals surface area contributed by atoms with E-state index in [-0.39, 0.29) is 17.6 Å². The molecule has 2 aliphatic carbocycles. The van der Waals surface area contributed by atoms with Crippen molar-refractivity contribution in [2.45, 2.75) is 11.8 Å². The zero-order valence-electron chi connectivity index (χ0n) is 18.9. The fourth-order valence-corrected chi connectivity index (χ4v) is 6.43. The van der Waals surface area contributed by atoms with E-state index in [9.17, 15) is 4.79 Å². The number of benzene rings is 5. The highest BCUT2D eigenvalue weighted by Crippen LogP contribution is 2.59. The fraction of sp³-hybridized carbons (Fsp3) is 0.0606. The van der Waals surface area contributed by atoms with Gasteiger partial charge in [-0.2, -0.15) is 0 Å². The van der Waals surface area contributed by atoms with E-state index < -0.39 is 0 Å². The Balaban J connectivity index is 1.54. The van der Waals surface area contributed by atoms with E-state index in [0.717, 1.165) is 11.1 Å². The molecule has 1 atom stereocenters. The molecule has 0 bridgehead atoms. The van der Waals surface area contributed by atoms with Gasteiger partial charge in [0.1, 0.15) is 0 Å². The van der Waals surface area contributed by atoms with Crippen molar-refractivity contribution in [1.82, 2.24) is 0 Å². The van der Waals surface area contributed by atoms with E-state index in [1.165, 1.54) is 33.4 Å². The maximum absolute atomic E-state index is 13.9. The van der Waals surface area contributed by atoms with E-state index in [1.807, 2.05) is 36.4 Å². The summed E-state index contributed by atoms with van der Waals surface area (Å²) in [6.45, 7) is 0. The molecule has 0 amide bonds. The molecule has 2 heteroatoms. The average molecular weight is 469 g/mol. The molecule has 35 heavy (non-hydrogen) atoms. The number of rotatable bonds is 3. The van der Waals surface area contributed by atoms with Crippen molar-refractivity contribution in [2.75, 3.05) is 0 Å². The van der Waals surface area contributed by atoms with Crippen molar-refractivity contribution in [1.29, 1.82) is 0 Å². The van der Waals surface area contributed by atoms with Crippen molar-refractivity contribution in [3.63, 3.8) is 0 Å². The normalized spacial score (nSPS) is 15.3. The zero-order chi connectivity index (χ0) is 23.5. The minimum Gasteiger partial charge on any atom is -0.289 e. The molecule has 0 aromatic heterocycles. The molecule has 1 nitrogen and oxygen atoms in total. The maximum atomic E-state index is 13.9. The van der Waals surface area contributed by atoms with Crippen molar-refractivity contribution >= 4 is 17.4 Å². The number of ketones is 1. The van der Waals surface area contributed by atoms with Gasteiger partial charge in [-0.25, -0.2) is 0 Å². The second kappa shape index (κ2) is 7.80.